The molecule has 10 heteroatoms. The van der Waals surface area contributed by atoms with Crippen molar-refractivity contribution in [2.45, 2.75) is 32.4 Å². The molecule has 1 aliphatic heterocycles. The fourth-order valence-corrected chi connectivity index (χ4v) is 4.46. The monoisotopic (exact) mass is 341 g/mol. The number of rotatable bonds is 5. The van der Waals surface area contributed by atoms with Gasteiger partial charge in [-0.3, -0.25) is 9.05 Å². The minimum Gasteiger partial charge on any atom is -0.467 e. The second kappa shape index (κ2) is 7.49. The van der Waals surface area contributed by atoms with Crippen LogP contribution in [-0.2, 0) is 27.9 Å². The van der Waals surface area contributed by atoms with Gasteiger partial charge in [0.2, 0.25) is 0 Å². The second-order valence-corrected chi connectivity index (χ2v) is 9.32. The van der Waals surface area contributed by atoms with Crippen LogP contribution >= 0.6 is 18.2 Å². The van der Waals surface area contributed by atoms with Crippen LogP contribution in [-0.4, -0.2) is 49.8 Å². The van der Waals surface area contributed by atoms with Gasteiger partial charge >= 0.3 is 18.9 Å². The molecule has 0 bridgehead atoms. The Bertz CT molecular complexity index is 427. The van der Waals surface area contributed by atoms with E-state index < -0.39 is 30.5 Å². The van der Waals surface area contributed by atoms with E-state index in [-0.39, 0.29) is 6.61 Å². The number of amides is 1. The van der Waals surface area contributed by atoms with Gasteiger partial charge in [0.15, 0.2) is 6.04 Å². The van der Waals surface area contributed by atoms with E-state index in [1.165, 1.54) is 7.11 Å². The average Bonchev–Trinajstić information content (AvgIpc) is 2.78. The predicted molar refractivity (Wildman–Crippen MR) is 77.1 cm³/mol. The molecule has 8 nitrogen and oxygen atoms in total. The molecular formula is C11H20NO7PS. The molecule has 1 unspecified atom stereocenters. The molecule has 0 aliphatic carbocycles. The molecule has 2 atom stereocenters. The first-order chi connectivity index (χ1) is 9.65. The van der Waals surface area contributed by atoms with Gasteiger partial charge in [-0.05, 0) is 32.2 Å². The molecule has 0 saturated carbocycles. The van der Waals surface area contributed by atoms with Crippen molar-refractivity contribution in [3.8, 4) is 0 Å². The lowest BCUT2D eigenvalue weighted by atomic mass is 10.2. The van der Waals surface area contributed by atoms with Crippen LogP contribution in [0, 0.1) is 0 Å². The molecule has 122 valence electrons. The van der Waals surface area contributed by atoms with Crippen LogP contribution in [0.1, 0.15) is 20.8 Å². The third kappa shape index (κ3) is 6.69. The predicted octanol–water partition coefficient (Wildman–Crippen LogP) is 1.94. The van der Waals surface area contributed by atoms with Crippen LogP contribution in [0.25, 0.3) is 0 Å². The van der Waals surface area contributed by atoms with Gasteiger partial charge in [0.05, 0.1) is 20.3 Å². The van der Waals surface area contributed by atoms with E-state index in [9.17, 15) is 14.2 Å². The summed E-state index contributed by atoms with van der Waals surface area (Å²) in [6.07, 6.45) is -0.792. The minimum absolute atomic E-state index is 0.323. The summed E-state index contributed by atoms with van der Waals surface area (Å²) in [6.45, 7) is 1.83. The SMILES string of the molecule is COC(=O)[C@H](COP1(=O)OCCS1)NC(=O)OC(C)(C)C. The molecule has 0 spiro atoms. The summed E-state index contributed by atoms with van der Waals surface area (Å²) in [5.41, 5.74) is -0.706. The van der Waals surface area contributed by atoms with Gasteiger partial charge in [0, 0.05) is 5.75 Å². The molecule has 0 radical (unpaired) electrons. The van der Waals surface area contributed by atoms with Crippen molar-refractivity contribution in [1.29, 1.82) is 0 Å². The lowest BCUT2D eigenvalue weighted by molar-refractivity contribution is -0.143. The Labute approximate surface area is 127 Å². The molecule has 1 fully saturated rings. The molecule has 1 heterocycles. The highest BCUT2D eigenvalue weighted by Gasteiger charge is 2.34. The summed E-state index contributed by atoms with van der Waals surface area (Å²) < 4.78 is 31.7. The summed E-state index contributed by atoms with van der Waals surface area (Å²) in [6, 6.07) is -1.12. The summed E-state index contributed by atoms with van der Waals surface area (Å²) in [5, 5.41) is 2.32. The van der Waals surface area contributed by atoms with Crippen LogP contribution in [0.15, 0.2) is 0 Å². The van der Waals surface area contributed by atoms with Gasteiger partial charge in [-0.1, -0.05) is 0 Å². The molecule has 1 saturated heterocycles. The van der Waals surface area contributed by atoms with Crippen molar-refractivity contribution in [3.63, 3.8) is 0 Å². The molecule has 1 amide bonds. The second-order valence-electron chi connectivity index (χ2n) is 5.13. The number of esters is 1. The molecule has 21 heavy (non-hydrogen) atoms. The number of hydrogen-bond donors (Lipinski definition) is 1. The van der Waals surface area contributed by atoms with Crippen LogP contribution in [0.2, 0.25) is 0 Å². The van der Waals surface area contributed by atoms with Crippen LogP contribution in [0.3, 0.4) is 0 Å². The van der Waals surface area contributed by atoms with Crippen molar-refractivity contribution in [1.82, 2.24) is 5.32 Å². The zero-order valence-electron chi connectivity index (χ0n) is 12.4. The van der Waals surface area contributed by atoms with Crippen molar-refractivity contribution in [2.24, 2.45) is 0 Å². The fraction of sp³-hybridized carbons (Fsp3) is 0.818. The van der Waals surface area contributed by atoms with Crippen LogP contribution in [0.4, 0.5) is 4.79 Å². The minimum atomic E-state index is -3.24. The zero-order valence-corrected chi connectivity index (χ0v) is 14.1. The maximum Gasteiger partial charge on any atom is 0.408 e. The first-order valence-electron chi connectivity index (χ1n) is 6.26. The van der Waals surface area contributed by atoms with Gasteiger partial charge in [0.1, 0.15) is 5.60 Å². The third-order valence-electron chi connectivity index (χ3n) is 2.16. The van der Waals surface area contributed by atoms with E-state index in [2.05, 4.69) is 10.1 Å². The number of hydrogen-bond acceptors (Lipinski definition) is 8. The molecular weight excluding hydrogens is 321 g/mol. The topological polar surface area (TPSA) is 100 Å². The number of nitrogens with one attached hydrogen (secondary N) is 1. The largest absolute Gasteiger partial charge is 0.467 e. The van der Waals surface area contributed by atoms with E-state index in [1.807, 2.05) is 0 Å². The van der Waals surface area contributed by atoms with Gasteiger partial charge in [-0.2, -0.15) is 0 Å². The summed E-state index contributed by atoms with van der Waals surface area (Å²) in [4.78, 5) is 23.3. The zero-order chi connectivity index (χ0) is 16.1. The van der Waals surface area contributed by atoms with Gasteiger partial charge in [-0.25, -0.2) is 14.2 Å². The summed E-state index contributed by atoms with van der Waals surface area (Å²) in [7, 11) is 1.18. The van der Waals surface area contributed by atoms with E-state index in [1.54, 1.807) is 20.8 Å². The average molecular weight is 341 g/mol. The lowest BCUT2D eigenvalue weighted by Gasteiger charge is -2.23. The highest BCUT2D eigenvalue weighted by atomic mass is 32.7. The standard InChI is InChI=1S/C11H20NO7PS/c1-11(2,3)19-10(14)12-8(9(13)16-4)7-18-20(15)17-5-6-21-20/h8H,5-7H2,1-4H3,(H,12,14)/t8-,20?/m0/s1. The molecule has 0 aromatic carbocycles. The van der Waals surface area contributed by atoms with E-state index in [4.69, 9.17) is 13.8 Å². The highest BCUT2D eigenvalue weighted by molar-refractivity contribution is 8.55. The Morgan fingerprint density at radius 1 is 1.43 bits per heavy atom. The van der Waals surface area contributed by atoms with E-state index in [0.29, 0.717) is 12.4 Å². The fourth-order valence-electron chi connectivity index (χ4n) is 1.34. The number of ether oxygens (including phenoxy) is 2. The van der Waals surface area contributed by atoms with Crippen molar-refractivity contribution < 1.29 is 32.7 Å². The smallest absolute Gasteiger partial charge is 0.408 e. The van der Waals surface area contributed by atoms with Crippen LogP contribution < -0.4 is 5.32 Å². The summed E-state index contributed by atoms with van der Waals surface area (Å²) >= 11 is 1.05. The summed E-state index contributed by atoms with van der Waals surface area (Å²) in [5.74, 6) is -0.170. The maximum atomic E-state index is 12.0. The number of methoxy groups -OCH3 is 1. The Kier molecular flexibility index (Phi) is 6.52. The third-order valence-corrected chi connectivity index (χ3v) is 5.92. The number of carbonyl (C=O) groups excluding carboxylic acids is 2. The lowest BCUT2D eigenvalue weighted by Crippen LogP contribution is -2.46. The normalized spacial score (nSPS) is 23.4. The maximum absolute atomic E-state index is 12.0. The molecule has 1 aliphatic rings. The quantitative estimate of drug-likeness (QED) is 0.598. The van der Waals surface area contributed by atoms with Crippen molar-refractivity contribution >= 4 is 30.2 Å². The first kappa shape index (κ1) is 18.3. The highest BCUT2D eigenvalue weighted by Crippen LogP contribution is 2.64. The Balaban J connectivity index is 2.57. The first-order valence-corrected chi connectivity index (χ1v) is 9.39. The van der Waals surface area contributed by atoms with Crippen molar-refractivity contribution in [2.75, 3.05) is 26.1 Å². The van der Waals surface area contributed by atoms with E-state index >= 15 is 0 Å². The van der Waals surface area contributed by atoms with E-state index in [0.717, 1.165) is 11.4 Å². The Morgan fingerprint density at radius 3 is 2.57 bits per heavy atom. The Morgan fingerprint density at radius 2 is 2.10 bits per heavy atom. The van der Waals surface area contributed by atoms with Gasteiger partial charge in [-0.15, -0.1) is 0 Å². The van der Waals surface area contributed by atoms with Gasteiger partial charge < -0.3 is 14.8 Å². The number of alkyl carbamates (subject to hydrolysis) is 1. The molecule has 1 N–H and O–H groups in total. The molecule has 0 aromatic heterocycles. The molecule has 1 rings (SSSR count). The molecule has 0 aromatic rings. The Hall–Kier alpha value is -0.760. The van der Waals surface area contributed by atoms with Crippen LogP contribution in [0.5, 0.6) is 0 Å². The van der Waals surface area contributed by atoms with Crippen molar-refractivity contribution in [3.05, 3.63) is 0 Å². The number of carbonyl (C=O) groups is 2. The van der Waals surface area contributed by atoms with Gasteiger partial charge in [0.25, 0.3) is 0 Å².